The third-order valence-corrected chi connectivity index (χ3v) is 3.28. The van der Waals surface area contributed by atoms with Crippen molar-refractivity contribution in [3.8, 4) is 0 Å². The molecular weight excluding hydrogens is 486 g/mol. The van der Waals surface area contributed by atoms with Gasteiger partial charge in [0.2, 0.25) is 5.91 Å². The average Bonchev–Trinajstić information content (AvgIpc) is 2.52. The summed E-state index contributed by atoms with van der Waals surface area (Å²) in [4.78, 5) is 20.3. The van der Waals surface area contributed by atoms with Gasteiger partial charge in [0.05, 0.1) is 0 Å². The Balaban J connectivity index is 0.00000625. The standard InChI is InChI=1S/C15H21ClF3N5O.HI/c1-3-20-14(21-7-6-11-4-5-12(16)22-8-11)23-9-13(25)24(2)10-15(17,18)19;/h4-5,8H,3,6-7,9-10H2,1-2H3,(H2,20,21,23);1H. The van der Waals surface area contributed by atoms with Crippen LogP contribution in [0.2, 0.25) is 5.15 Å². The summed E-state index contributed by atoms with van der Waals surface area (Å²) in [6, 6.07) is 3.53. The molecule has 6 nitrogen and oxygen atoms in total. The fraction of sp³-hybridized carbons (Fsp3) is 0.533. The maximum absolute atomic E-state index is 12.3. The van der Waals surface area contributed by atoms with Gasteiger partial charge in [0.15, 0.2) is 5.96 Å². The summed E-state index contributed by atoms with van der Waals surface area (Å²) in [5.74, 6) is -0.352. The van der Waals surface area contributed by atoms with Crippen molar-refractivity contribution in [3.05, 3.63) is 29.0 Å². The van der Waals surface area contributed by atoms with Crippen LogP contribution in [0.25, 0.3) is 0 Å². The number of pyridine rings is 1. The van der Waals surface area contributed by atoms with Gasteiger partial charge in [0.1, 0.15) is 18.2 Å². The summed E-state index contributed by atoms with van der Waals surface area (Å²) in [6.07, 6.45) is -2.12. The first kappa shape index (κ1) is 24.7. The third kappa shape index (κ3) is 10.6. The van der Waals surface area contributed by atoms with E-state index in [9.17, 15) is 18.0 Å². The number of hydrogen-bond donors (Lipinski definition) is 2. The Bertz CT molecular complexity index is 584. The number of carbonyl (C=O) groups excluding carboxylic acids is 1. The van der Waals surface area contributed by atoms with Gasteiger partial charge < -0.3 is 15.5 Å². The van der Waals surface area contributed by atoms with E-state index < -0.39 is 18.6 Å². The van der Waals surface area contributed by atoms with Gasteiger partial charge in [-0.1, -0.05) is 17.7 Å². The molecule has 0 aromatic carbocycles. The molecule has 2 N–H and O–H groups in total. The maximum atomic E-state index is 12.3. The van der Waals surface area contributed by atoms with Gasteiger partial charge in [-0.15, -0.1) is 24.0 Å². The molecule has 0 fully saturated rings. The molecule has 11 heteroatoms. The molecule has 0 saturated carbocycles. The van der Waals surface area contributed by atoms with Gasteiger partial charge in [-0.3, -0.25) is 4.79 Å². The summed E-state index contributed by atoms with van der Waals surface area (Å²) in [5.41, 5.74) is 0.966. The third-order valence-electron chi connectivity index (χ3n) is 3.05. The second-order valence-corrected chi connectivity index (χ2v) is 5.61. The Morgan fingerprint density at radius 1 is 1.35 bits per heavy atom. The number of rotatable bonds is 7. The second kappa shape index (κ2) is 12.2. The van der Waals surface area contributed by atoms with Crippen molar-refractivity contribution in [3.63, 3.8) is 0 Å². The topological polar surface area (TPSA) is 69.6 Å². The van der Waals surface area contributed by atoms with E-state index in [2.05, 4.69) is 20.6 Å². The smallest absolute Gasteiger partial charge is 0.357 e. The molecule has 0 aliphatic heterocycles. The summed E-state index contributed by atoms with van der Waals surface area (Å²) >= 11 is 5.71. The first-order valence-electron chi connectivity index (χ1n) is 7.64. The van der Waals surface area contributed by atoms with Crippen LogP contribution >= 0.6 is 35.6 Å². The number of nitrogens with zero attached hydrogens (tertiary/aromatic N) is 3. The fourth-order valence-electron chi connectivity index (χ4n) is 1.85. The lowest BCUT2D eigenvalue weighted by Gasteiger charge is -2.18. The van der Waals surface area contributed by atoms with Crippen LogP contribution in [0.4, 0.5) is 13.2 Å². The Morgan fingerprint density at radius 3 is 2.58 bits per heavy atom. The van der Waals surface area contributed by atoms with Crippen LogP contribution in [0.1, 0.15) is 12.5 Å². The molecule has 1 aromatic rings. The predicted octanol–water partition coefficient (Wildman–Crippen LogP) is 2.47. The predicted molar refractivity (Wildman–Crippen MR) is 106 cm³/mol. The number of amides is 1. The maximum Gasteiger partial charge on any atom is 0.406 e. The summed E-state index contributed by atoms with van der Waals surface area (Å²) in [5, 5.41) is 6.35. The van der Waals surface area contributed by atoms with Gasteiger partial charge in [-0.05, 0) is 25.0 Å². The van der Waals surface area contributed by atoms with E-state index in [0.29, 0.717) is 35.5 Å². The molecule has 0 aliphatic carbocycles. The normalized spacial score (nSPS) is 11.5. The quantitative estimate of drug-likeness (QED) is 0.258. The van der Waals surface area contributed by atoms with Crippen molar-refractivity contribution >= 4 is 47.4 Å². The molecule has 1 aromatic heterocycles. The number of aliphatic imine (C=N–C) groups is 1. The van der Waals surface area contributed by atoms with Crippen LogP contribution in [0.15, 0.2) is 23.3 Å². The molecule has 0 atom stereocenters. The number of likely N-dealkylation sites (N-methyl/N-ethyl adjacent to an activating group) is 1. The Morgan fingerprint density at radius 2 is 2.04 bits per heavy atom. The van der Waals surface area contributed by atoms with E-state index in [-0.39, 0.29) is 30.5 Å². The van der Waals surface area contributed by atoms with E-state index in [1.54, 1.807) is 12.3 Å². The summed E-state index contributed by atoms with van der Waals surface area (Å²) < 4.78 is 36.8. The van der Waals surface area contributed by atoms with Gasteiger partial charge in [0, 0.05) is 26.3 Å². The fourth-order valence-corrected chi connectivity index (χ4v) is 1.96. The molecule has 26 heavy (non-hydrogen) atoms. The van der Waals surface area contributed by atoms with Crippen LogP contribution in [0.5, 0.6) is 0 Å². The summed E-state index contributed by atoms with van der Waals surface area (Å²) in [7, 11) is 1.10. The zero-order chi connectivity index (χ0) is 18.9. The lowest BCUT2D eigenvalue weighted by Crippen LogP contribution is -2.40. The van der Waals surface area contributed by atoms with Crippen molar-refractivity contribution in [1.82, 2.24) is 20.5 Å². The molecule has 1 rings (SSSR count). The molecule has 0 spiro atoms. The first-order chi connectivity index (χ1) is 11.7. The zero-order valence-corrected chi connectivity index (χ0v) is 17.5. The van der Waals surface area contributed by atoms with Gasteiger partial charge in [-0.25, -0.2) is 9.98 Å². The van der Waals surface area contributed by atoms with E-state index in [1.165, 1.54) is 0 Å². The molecule has 1 heterocycles. The summed E-state index contributed by atoms with van der Waals surface area (Å²) in [6.45, 7) is 1.25. The van der Waals surface area contributed by atoms with Crippen LogP contribution in [-0.4, -0.2) is 61.2 Å². The highest BCUT2D eigenvalue weighted by molar-refractivity contribution is 14.0. The molecule has 0 aliphatic rings. The molecule has 0 unspecified atom stereocenters. The molecule has 0 radical (unpaired) electrons. The molecule has 0 bridgehead atoms. The monoisotopic (exact) mass is 507 g/mol. The molecule has 0 saturated heterocycles. The lowest BCUT2D eigenvalue weighted by atomic mass is 10.2. The van der Waals surface area contributed by atoms with Gasteiger partial charge in [0.25, 0.3) is 0 Å². The SMILES string of the molecule is CCNC(=NCC(=O)N(C)CC(F)(F)F)NCCc1ccc(Cl)nc1.I. The van der Waals surface area contributed by atoms with Crippen molar-refractivity contribution in [2.45, 2.75) is 19.5 Å². The highest BCUT2D eigenvalue weighted by atomic mass is 127. The highest BCUT2D eigenvalue weighted by Gasteiger charge is 2.30. The number of halogens is 5. The van der Waals surface area contributed by atoms with E-state index in [0.717, 1.165) is 12.6 Å². The Kier molecular flexibility index (Phi) is 11.5. The minimum atomic E-state index is -4.43. The number of alkyl halides is 3. The average molecular weight is 508 g/mol. The number of hydrogen-bond acceptors (Lipinski definition) is 3. The zero-order valence-electron chi connectivity index (χ0n) is 14.4. The van der Waals surface area contributed by atoms with Crippen molar-refractivity contribution in [2.75, 3.05) is 33.2 Å². The van der Waals surface area contributed by atoms with Crippen LogP contribution in [0.3, 0.4) is 0 Å². The first-order valence-corrected chi connectivity index (χ1v) is 8.02. The largest absolute Gasteiger partial charge is 0.406 e. The van der Waals surface area contributed by atoms with E-state index >= 15 is 0 Å². The van der Waals surface area contributed by atoms with Crippen LogP contribution in [-0.2, 0) is 11.2 Å². The lowest BCUT2D eigenvalue weighted by molar-refractivity contribution is -0.157. The van der Waals surface area contributed by atoms with Crippen molar-refractivity contribution in [1.29, 1.82) is 0 Å². The molecular formula is C15H22ClF3IN5O. The number of carbonyl (C=O) groups is 1. The van der Waals surface area contributed by atoms with Crippen LogP contribution in [0, 0.1) is 0 Å². The molecule has 1 amide bonds. The van der Waals surface area contributed by atoms with Crippen molar-refractivity contribution < 1.29 is 18.0 Å². The van der Waals surface area contributed by atoms with Crippen LogP contribution < -0.4 is 10.6 Å². The molecule has 148 valence electrons. The van der Waals surface area contributed by atoms with Crippen molar-refractivity contribution in [2.24, 2.45) is 4.99 Å². The minimum Gasteiger partial charge on any atom is -0.357 e. The van der Waals surface area contributed by atoms with E-state index in [4.69, 9.17) is 11.6 Å². The second-order valence-electron chi connectivity index (χ2n) is 5.23. The Labute approximate surface area is 172 Å². The van der Waals surface area contributed by atoms with E-state index in [1.807, 2.05) is 13.0 Å². The van der Waals surface area contributed by atoms with Gasteiger partial charge in [-0.2, -0.15) is 13.2 Å². The van der Waals surface area contributed by atoms with Gasteiger partial charge >= 0.3 is 6.18 Å². The number of aromatic nitrogens is 1. The highest BCUT2D eigenvalue weighted by Crippen LogP contribution is 2.15. The minimum absolute atomic E-state index is 0. The number of guanidine groups is 1. The Hall–Kier alpha value is -1.30. The number of nitrogens with one attached hydrogen (secondary N) is 2.